The Morgan fingerprint density at radius 2 is 1.40 bits per heavy atom. The number of carbonyl (C=O) groups is 4. The zero-order valence-electron chi connectivity index (χ0n) is 10.3. The molecular formula is C11H14O9. The smallest absolute Gasteiger partial charge is 0.336 e. The van der Waals surface area contributed by atoms with E-state index >= 15 is 0 Å². The van der Waals surface area contributed by atoms with Crippen molar-refractivity contribution in [3.05, 3.63) is 11.6 Å². The van der Waals surface area contributed by atoms with E-state index in [0.717, 1.165) is 12.8 Å². The molecule has 112 valence electrons. The molecule has 1 aliphatic rings. The largest absolute Gasteiger partial charge is 0.481 e. The van der Waals surface area contributed by atoms with E-state index in [9.17, 15) is 19.2 Å². The molecule has 0 aromatic heterocycles. The molecule has 9 nitrogen and oxygen atoms in total. The van der Waals surface area contributed by atoms with Gasteiger partial charge in [0.15, 0.2) is 5.60 Å². The molecule has 0 fully saturated rings. The van der Waals surface area contributed by atoms with E-state index in [1.807, 2.05) is 0 Å². The Balaban J connectivity index is 0.000000428. The minimum atomic E-state index is -2.74. The summed E-state index contributed by atoms with van der Waals surface area (Å²) >= 11 is 0. The molecule has 0 saturated carbocycles. The minimum Gasteiger partial charge on any atom is -0.481 e. The molecule has 0 aliphatic heterocycles. The maximum Gasteiger partial charge on any atom is 0.336 e. The SMILES string of the molecule is O=C(O)C1=CCC1.O=C(O)CC(O)(CC(=O)O)C(=O)O. The summed E-state index contributed by atoms with van der Waals surface area (Å²) in [5, 5.41) is 42.0. The summed E-state index contributed by atoms with van der Waals surface area (Å²) in [4.78, 5) is 40.4. The topological polar surface area (TPSA) is 169 Å². The Morgan fingerprint density at radius 1 is 1.00 bits per heavy atom. The van der Waals surface area contributed by atoms with Gasteiger partial charge in [-0.05, 0) is 12.8 Å². The van der Waals surface area contributed by atoms with Crippen molar-refractivity contribution < 1.29 is 44.7 Å². The molecule has 0 radical (unpaired) electrons. The molecule has 0 spiro atoms. The summed E-state index contributed by atoms with van der Waals surface area (Å²) in [5.41, 5.74) is -2.17. The second-order valence-corrected chi connectivity index (χ2v) is 4.05. The van der Waals surface area contributed by atoms with Gasteiger partial charge in [0.25, 0.3) is 0 Å². The van der Waals surface area contributed by atoms with Crippen LogP contribution in [-0.2, 0) is 19.2 Å². The number of aliphatic hydroxyl groups is 1. The van der Waals surface area contributed by atoms with Crippen molar-refractivity contribution in [2.45, 2.75) is 31.3 Å². The fraction of sp³-hybridized carbons (Fsp3) is 0.455. The van der Waals surface area contributed by atoms with Crippen LogP contribution in [0.5, 0.6) is 0 Å². The van der Waals surface area contributed by atoms with Gasteiger partial charge in [0.1, 0.15) is 0 Å². The number of hydrogen-bond acceptors (Lipinski definition) is 5. The lowest BCUT2D eigenvalue weighted by atomic mass is 9.96. The Morgan fingerprint density at radius 3 is 1.50 bits per heavy atom. The zero-order valence-corrected chi connectivity index (χ0v) is 10.3. The molecule has 1 aliphatic carbocycles. The lowest BCUT2D eigenvalue weighted by Crippen LogP contribution is -2.42. The first-order chi connectivity index (χ1) is 9.08. The minimum absolute atomic E-state index is 0.569. The van der Waals surface area contributed by atoms with E-state index in [4.69, 9.17) is 25.5 Å². The highest BCUT2D eigenvalue weighted by atomic mass is 16.4. The predicted molar refractivity (Wildman–Crippen MR) is 62.0 cm³/mol. The quantitative estimate of drug-likeness (QED) is 0.434. The maximum atomic E-state index is 10.3. The van der Waals surface area contributed by atoms with Crippen LogP contribution in [0, 0.1) is 0 Å². The number of carboxylic acid groups (broad SMARTS) is 4. The van der Waals surface area contributed by atoms with E-state index in [-0.39, 0.29) is 0 Å². The second-order valence-electron chi connectivity index (χ2n) is 4.05. The summed E-state index contributed by atoms with van der Waals surface area (Å²) in [6.45, 7) is 0. The summed E-state index contributed by atoms with van der Waals surface area (Å²) in [6.07, 6.45) is 1.16. The standard InChI is InChI=1S/C6H8O7.C5H6O2/c7-3(8)1-6(13,5(11)12)2-4(9)10;6-5(7)4-2-1-3-4/h13H,1-2H2,(H,7,8)(H,9,10)(H,11,12);2H,1,3H2,(H,6,7). The van der Waals surface area contributed by atoms with E-state index in [1.165, 1.54) is 0 Å². The molecule has 0 aromatic rings. The van der Waals surface area contributed by atoms with Gasteiger partial charge in [0.2, 0.25) is 0 Å². The number of hydrogen-bond donors (Lipinski definition) is 5. The summed E-state index contributed by atoms with van der Waals surface area (Å²) in [5.74, 6) is -5.78. The van der Waals surface area contributed by atoms with Gasteiger partial charge in [-0.2, -0.15) is 0 Å². The van der Waals surface area contributed by atoms with E-state index in [1.54, 1.807) is 6.08 Å². The second kappa shape index (κ2) is 7.24. The Bertz CT molecular complexity index is 433. The van der Waals surface area contributed by atoms with Gasteiger partial charge in [-0.15, -0.1) is 0 Å². The lowest BCUT2D eigenvalue weighted by Gasteiger charge is -2.18. The number of allylic oxidation sites excluding steroid dienone is 1. The van der Waals surface area contributed by atoms with Crippen molar-refractivity contribution >= 4 is 23.9 Å². The third-order valence-electron chi connectivity index (χ3n) is 2.36. The van der Waals surface area contributed by atoms with Gasteiger partial charge in [-0.3, -0.25) is 9.59 Å². The molecule has 1 rings (SSSR count). The fourth-order valence-corrected chi connectivity index (χ4v) is 1.20. The van der Waals surface area contributed by atoms with Gasteiger partial charge >= 0.3 is 23.9 Å². The van der Waals surface area contributed by atoms with Crippen molar-refractivity contribution in [2.75, 3.05) is 0 Å². The molecule has 0 aromatic carbocycles. The highest BCUT2D eigenvalue weighted by Crippen LogP contribution is 2.17. The van der Waals surface area contributed by atoms with Crippen molar-refractivity contribution in [3.63, 3.8) is 0 Å². The average Bonchev–Trinajstić information content (AvgIpc) is 2.10. The first-order valence-electron chi connectivity index (χ1n) is 5.40. The van der Waals surface area contributed by atoms with Crippen molar-refractivity contribution in [3.8, 4) is 0 Å². The monoisotopic (exact) mass is 290 g/mol. The van der Waals surface area contributed by atoms with Gasteiger partial charge in [0.05, 0.1) is 12.8 Å². The van der Waals surface area contributed by atoms with E-state index in [2.05, 4.69) is 0 Å². The molecule has 0 saturated heterocycles. The molecule has 0 heterocycles. The molecule has 9 heteroatoms. The maximum absolute atomic E-state index is 10.3. The van der Waals surface area contributed by atoms with Crippen molar-refractivity contribution in [1.29, 1.82) is 0 Å². The number of carboxylic acids is 4. The molecule has 0 amide bonds. The predicted octanol–water partition coefficient (Wildman–Crippen LogP) is -0.457. The molecule has 5 N–H and O–H groups in total. The van der Waals surface area contributed by atoms with Crippen LogP contribution in [0.1, 0.15) is 25.7 Å². The summed E-state index contributed by atoms with van der Waals surface area (Å²) in [7, 11) is 0. The highest BCUT2D eigenvalue weighted by Gasteiger charge is 2.40. The summed E-state index contributed by atoms with van der Waals surface area (Å²) < 4.78 is 0. The molecule has 20 heavy (non-hydrogen) atoms. The molecule has 0 atom stereocenters. The van der Waals surface area contributed by atoms with Crippen LogP contribution >= 0.6 is 0 Å². The van der Waals surface area contributed by atoms with Crippen LogP contribution in [0.25, 0.3) is 0 Å². The Hall–Kier alpha value is -2.42. The van der Waals surface area contributed by atoms with Crippen LogP contribution < -0.4 is 0 Å². The van der Waals surface area contributed by atoms with E-state index in [0.29, 0.717) is 5.57 Å². The Kier molecular flexibility index (Phi) is 6.36. The highest BCUT2D eigenvalue weighted by molar-refractivity contribution is 5.88. The van der Waals surface area contributed by atoms with Crippen LogP contribution in [0.3, 0.4) is 0 Å². The van der Waals surface area contributed by atoms with Gasteiger partial charge in [-0.1, -0.05) is 6.08 Å². The van der Waals surface area contributed by atoms with Crippen LogP contribution in [0.4, 0.5) is 0 Å². The van der Waals surface area contributed by atoms with Gasteiger partial charge in [0, 0.05) is 5.57 Å². The van der Waals surface area contributed by atoms with Crippen molar-refractivity contribution in [1.82, 2.24) is 0 Å². The zero-order chi connectivity index (χ0) is 15.9. The number of rotatable bonds is 6. The molecular weight excluding hydrogens is 276 g/mol. The van der Waals surface area contributed by atoms with Crippen LogP contribution in [0.2, 0.25) is 0 Å². The Labute approximate surface area is 112 Å². The summed E-state index contributed by atoms with van der Waals surface area (Å²) in [6, 6.07) is 0. The first-order valence-corrected chi connectivity index (χ1v) is 5.40. The lowest BCUT2D eigenvalue weighted by molar-refractivity contribution is -0.170. The third kappa shape index (κ3) is 5.96. The van der Waals surface area contributed by atoms with Gasteiger partial charge in [-0.25, -0.2) is 9.59 Å². The number of aliphatic carboxylic acids is 4. The normalized spacial score (nSPS) is 13.2. The van der Waals surface area contributed by atoms with Crippen molar-refractivity contribution in [2.24, 2.45) is 0 Å². The van der Waals surface area contributed by atoms with Crippen LogP contribution in [0.15, 0.2) is 11.6 Å². The van der Waals surface area contributed by atoms with E-state index < -0.39 is 42.3 Å². The van der Waals surface area contributed by atoms with Crippen LogP contribution in [-0.4, -0.2) is 55.0 Å². The molecule has 0 unspecified atom stereocenters. The fourth-order valence-electron chi connectivity index (χ4n) is 1.20. The average molecular weight is 290 g/mol. The van der Waals surface area contributed by atoms with Gasteiger partial charge < -0.3 is 25.5 Å². The first kappa shape index (κ1) is 17.6. The third-order valence-corrected chi connectivity index (χ3v) is 2.36. The molecule has 0 bridgehead atoms.